The minimum Gasteiger partial charge on any atom is -0.405 e. The van der Waals surface area contributed by atoms with Gasteiger partial charge >= 0.3 is 6.36 Å². The minimum atomic E-state index is -4.68. The van der Waals surface area contributed by atoms with Crippen molar-refractivity contribution in [1.82, 2.24) is 4.90 Å². The Morgan fingerprint density at radius 1 is 1.07 bits per heavy atom. The zero-order valence-corrected chi connectivity index (χ0v) is 19.2. The van der Waals surface area contributed by atoms with Crippen molar-refractivity contribution in [3.05, 3.63) is 29.8 Å². The van der Waals surface area contributed by atoms with Gasteiger partial charge in [-0.25, -0.2) is 0 Å². The maximum atomic E-state index is 12.4. The predicted octanol–water partition coefficient (Wildman–Crippen LogP) is 7.57. The lowest BCUT2D eigenvalue weighted by atomic mass is 9.78. The van der Waals surface area contributed by atoms with Gasteiger partial charge < -0.3 is 4.74 Å². The number of halogens is 3. The molecule has 0 N–H and O–H groups in total. The number of hydrogen-bond acceptors (Lipinski definition) is 3. The molecular weight excluding hydrogens is 377 g/mol. The van der Waals surface area contributed by atoms with E-state index < -0.39 is 6.36 Å². The standard InChI is InChI=1S/C16H19F3N2O.C3H8.2C2H6/c1-15(6-9-20)7-10-21(11-8-15)12-13-4-2-3-5-14(13)22-16(17,18)19;1-3-2;2*1-2/h2-5H,6-8,10-12H2,1H3;3H2,1-2H3;2*1-2H3. The second-order valence-corrected chi connectivity index (χ2v) is 6.78. The maximum Gasteiger partial charge on any atom is 0.573 e. The van der Waals surface area contributed by atoms with Crippen LogP contribution in [-0.2, 0) is 6.54 Å². The zero-order valence-electron chi connectivity index (χ0n) is 19.2. The van der Waals surface area contributed by atoms with Crippen LogP contribution < -0.4 is 4.74 Å². The first kappa shape index (κ1) is 29.5. The number of nitrogens with zero attached hydrogens (tertiary/aromatic N) is 2. The highest BCUT2D eigenvalue weighted by Crippen LogP contribution is 2.35. The topological polar surface area (TPSA) is 36.3 Å². The Morgan fingerprint density at radius 2 is 1.55 bits per heavy atom. The highest BCUT2D eigenvalue weighted by atomic mass is 19.4. The van der Waals surface area contributed by atoms with Crippen molar-refractivity contribution >= 4 is 0 Å². The number of hydrogen-bond donors (Lipinski definition) is 0. The molecule has 1 heterocycles. The molecule has 1 aromatic carbocycles. The van der Waals surface area contributed by atoms with Crippen LogP contribution in [-0.4, -0.2) is 24.4 Å². The van der Waals surface area contributed by atoms with Gasteiger partial charge in [0.2, 0.25) is 0 Å². The van der Waals surface area contributed by atoms with Gasteiger partial charge in [0.15, 0.2) is 0 Å². The minimum absolute atomic E-state index is 0.0211. The van der Waals surface area contributed by atoms with Gasteiger partial charge in [0, 0.05) is 18.5 Å². The molecule has 0 aliphatic carbocycles. The van der Waals surface area contributed by atoms with E-state index in [1.807, 2.05) is 27.7 Å². The SMILES string of the molecule is CC.CC.CC1(CC#N)CCN(Cc2ccccc2OC(F)(F)F)CC1.CCC. The Balaban J connectivity index is 0. The fourth-order valence-corrected chi connectivity index (χ4v) is 2.72. The molecule has 1 aliphatic rings. The van der Waals surface area contributed by atoms with E-state index in [1.54, 1.807) is 12.1 Å². The maximum absolute atomic E-state index is 12.4. The summed E-state index contributed by atoms with van der Waals surface area (Å²) in [6.45, 7) is 16.3. The molecule has 0 unspecified atom stereocenters. The van der Waals surface area contributed by atoms with Crippen molar-refractivity contribution in [1.29, 1.82) is 5.26 Å². The van der Waals surface area contributed by atoms with Crippen molar-refractivity contribution in [2.24, 2.45) is 5.41 Å². The summed E-state index contributed by atoms with van der Waals surface area (Å²) < 4.78 is 41.3. The van der Waals surface area contributed by atoms with Crippen molar-refractivity contribution in [3.8, 4) is 11.8 Å². The second-order valence-electron chi connectivity index (χ2n) is 6.78. The molecule has 1 aliphatic heterocycles. The van der Waals surface area contributed by atoms with E-state index >= 15 is 0 Å². The number of likely N-dealkylation sites (tertiary alicyclic amines) is 1. The third-order valence-electron chi connectivity index (χ3n) is 4.16. The van der Waals surface area contributed by atoms with E-state index in [1.165, 1.54) is 18.6 Å². The van der Waals surface area contributed by atoms with E-state index in [-0.39, 0.29) is 11.2 Å². The highest BCUT2D eigenvalue weighted by Gasteiger charge is 2.33. The number of ether oxygens (including phenoxy) is 1. The van der Waals surface area contributed by atoms with Crippen LogP contribution in [0.2, 0.25) is 0 Å². The summed E-state index contributed by atoms with van der Waals surface area (Å²) in [5.41, 5.74) is 0.552. The summed E-state index contributed by atoms with van der Waals surface area (Å²) in [7, 11) is 0. The lowest BCUT2D eigenvalue weighted by molar-refractivity contribution is -0.275. The van der Waals surface area contributed by atoms with Gasteiger partial charge in [-0.1, -0.05) is 73.1 Å². The van der Waals surface area contributed by atoms with Crippen LogP contribution in [0, 0.1) is 16.7 Å². The first-order valence-corrected chi connectivity index (χ1v) is 10.7. The summed E-state index contributed by atoms with van der Waals surface area (Å²) in [5.74, 6) is -0.139. The van der Waals surface area contributed by atoms with E-state index in [0.29, 0.717) is 18.5 Å². The fourth-order valence-electron chi connectivity index (χ4n) is 2.72. The van der Waals surface area contributed by atoms with Crippen molar-refractivity contribution in [2.75, 3.05) is 13.1 Å². The molecule has 0 amide bonds. The van der Waals surface area contributed by atoms with Gasteiger partial charge in [-0.15, -0.1) is 13.2 Å². The third kappa shape index (κ3) is 13.2. The fraction of sp³-hybridized carbons (Fsp3) is 0.696. The molecule has 1 fully saturated rings. The first-order valence-electron chi connectivity index (χ1n) is 10.7. The summed E-state index contributed by atoms with van der Waals surface area (Å²) in [6, 6.07) is 8.45. The highest BCUT2D eigenvalue weighted by molar-refractivity contribution is 5.33. The van der Waals surface area contributed by atoms with Gasteiger partial charge in [0.1, 0.15) is 5.75 Å². The average Bonchev–Trinajstić information content (AvgIpc) is 2.68. The van der Waals surface area contributed by atoms with E-state index in [0.717, 1.165) is 25.9 Å². The summed E-state index contributed by atoms with van der Waals surface area (Å²) >= 11 is 0. The van der Waals surface area contributed by atoms with E-state index in [4.69, 9.17) is 5.26 Å². The lowest BCUT2D eigenvalue weighted by Crippen LogP contribution is -2.38. The van der Waals surface area contributed by atoms with Crippen LogP contribution in [0.3, 0.4) is 0 Å². The normalized spacial score (nSPS) is 15.2. The number of nitriles is 1. The monoisotopic (exact) mass is 416 g/mol. The quantitative estimate of drug-likeness (QED) is 0.508. The Kier molecular flexibility index (Phi) is 16.4. The lowest BCUT2D eigenvalue weighted by Gasteiger charge is -2.38. The Bertz CT molecular complexity index is 560. The Morgan fingerprint density at radius 3 is 2.00 bits per heavy atom. The zero-order chi connectivity index (χ0) is 22.9. The molecule has 0 spiro atoms. The number of para-hydroxylation sites is 1. The Labute approximate surface area is 175 Å². The molecule has 0 saturated carbocycles. The first-order chi connectivity index (χ1) is 13.7. The van der Waals surface area contributed by atoms with Gasteiger partial charge in [-0.2, -0.15) is 5.26 Å². The molecule has 0 aromatic heterocycles. The molecule has 168 valence electrons. The number of piperidine rings is 1. The molecule has 1 saturated heterocycles. The van der Waals surface area contributed by atoms with Gasteiger partial charge in [-0.05, 0) is 37.4 Å². The van der Waals surface area contributed by atoms with Crippen LogP contribution in [0.4, 0.5) is 13.2 Å². The molecule has 0 radical (unpaired) electrons. The number of alkyl halides is 3. The largest absolute Gasteiger partial charge is 0.573 e. The molecular formula is C23H39F3N2O. The van der Waals surface area contributed by atoms with Crippen LogP contribution in [0.5, 0.6) is 5.75 Å². The van der Waals surface area contributed by atoms with Crippen molar-refractivity contribution < 1.29 is 17.9 Å². The predicted molar refractivity (Wildman–Crippen MR) is 115 cm³/mol. The number of benzene rings is 1. The molecule has 3 nitrogen and oxygen atoms in total. The molecule has 0 atom stereocenters. The summed E-state index contributed by atoms with van der Waals surface area (Å²) in [4.78, 5) is 2.11. The van der Waals surface area contributed by atoms with Crippen molar-refractivity contribution in [2.45, 2.75) is 87.1 Å². The van der Waals surface area contributed by atoms with Crippen molar-refractivity contribution in [3.63, 3.8) is 0 Å². The van der Waals surface area contributed by atoms with Crippen LogP contribution in [0.1, 0.15) is 79.7 Å². The third-order valence-corrected chi connectivity index (χ3v) is 4.16. The number of rotatable bonds is 4. The molecule has 6 heteroatoms. The van der Waals surface area contributed by atoms with E-state index in [9.17, 15) is 13.2 Å². The molecule has 1 aromatic rings. The van der Waals surface area contributed by atoms with Gasteiger partial charge in [-0.3, -0.25) is 4.90 Å². The van der Waals surface area contributed by atoms with Gasteiger partial charge in [0.25, 0.3) is 0 Å². The van der Waals surface area contributed by atoms with Crippen LogP contribution >= 0.6 is 0 Å². The van der Waals surface area contributed by atoms with E-state index in [2.05, 4.69) is 36.5 Å². The Hall–Kier alpha value is -1.74. The smallest absolute Gasteiger partial charge is 0.405 e. The van der Waals surface area contributed by atoms with Crippen LogP contribution in [0.15, 0.2) is 24.3 Å². The average molecular weight is 417 g/mol. The molecule has 0 bridgehead atoms. The second kappa shape index (κ2) is 16.1. The molecule has 2 rings (SSSR count). The summed E-state index contributed by atoms with van der Waals surface area (Å²) in [6.07, 6.45) is -1.15. The van der Waals surface area contributed by atoms with Gasteiger partial charge in [0.05, 0.1) is 6.07 Å². The molecule has 29 heavy (non-hydrogen) atoms. The summed E-state index contributed by atoms with van der Waals surface area (Å²) in [5, 5.41) is 8.84. The van der Waals surface area contributed by atoms with Crippen LogP contribution in [0.25, 0.3) is 0 Å².